The average molecular weight is 342 g/mol. The summed E-state index contributed by atoms with van der Waals surface area (Å²) in [6.45, 7) is 12.6. The second kappa shape index (κ2) is 8.04. The zero-order valence-electron chi connectivity index (χ0n) is 13.4. The quantitative estimate of drug-likeness (QED) is 0.740. The Kier molecular flexibility index (Phi) is 7.04. The lowest BCUT2D eigenvalue weighted by Gasteiger charge is -2.21. The van der Waals surface area contributed by atoms with Gasteiger partial charge in [0.1, 0.15) is 5.75 Å². The van der Waals surface area contributed by atoms with E-state index < -0.39 is 0 Å². The number of halogens is 1. The minimum Gasteiger partial charge on any atom is -0.492 e. The van der Waals surface area contributed by atoms with Crippen molar-refractivity contribution in [2.45, 2.75) is 59.5 Å². The smallest absolute Gasteiger partial charge is 0.133 e. The van der Waals surface area contributed by atoms with Gasteiger partial charge in [-0.2, -0.15) is 0 Å². The van der Waals surface area contributed by atoms with Crippen LogP contribution in [-0.4, -0.2) is 12.1 Å². The third-order valence-corrected chi connectivity index (χ3v) is 4.07. The van der Waals surface area contributed by atoms with Crippen molar-refractivity contribution in [3.05, 3.63) is 28.2 Å². The van der Waals surface area contributed by atoms with Gasteiger partial charge in [0, 0.05) is 12.1 Å². The van der Waals surface area contributed by atoms with E-state index in [1.54, 1.807) is 0 Å². The van der Waals surface area contributed by atoms with Gasteiger partial charge in [0.25, 0.3) is 0 Å². The fourth-order valence-electron chi connectivity index (χ4n) is 1.87. The Morgan fingerprint density at radius 3 is 2.35 bits per heavy atom. The Labute approximate surface area is 132 Å². The highest BCUT2D eigenvalue weighted by Gasteiger charge is 2.10. The second-order valence-electron chi connectivity index (χ2n) is 6.36. The summed E-state index contributed by atoms with van der Waals surface area (Å²) in [6.07, 6.45) is 2.34. The Morgan fingerprint density at radius 1 is 1.20 bits per heavy atom. The highest BCUT2D eigenvalue weighted by Crippen LogP contribution is 2.27. The maximum Gasteiger partial charge on any atom is 0.133 e. The van der Waals surface area contributed by atoms with Crippen LogP contribution in [0.5, 0.6) is 5.75 Å². The minimum absolute atomic E-state index is 0.136. The van der Waals surface area contributed by atoms with E-state index >= 15 is 0 Å². The van der Waals surface area contributed by atoms with Gasteiger partial charge in [-0.05, 0) is 60.3 Å². The van der Waals surface area contributed by atoms with Gasteiger partial charge in [-0.1, -0.05) is 32.8 Å². The number of rotatable bonds is 7. The largest absolute Gasteiger partial charge is 0.492 e. The third-order valence-electron chi connectivity index (χ3n) is 3.45. The fourth-order valence-corrected chi connectivity index (χ4v) is 2.41. The van der Waals surface area contributed by atoms with E-state index in [0.717, 1.165) is 23.4 Å². The first-order chi connectivity index (χ1) is 9.35. The number of hydrogen-bond donors (Lipinski definition) is 1. The molecule has 0 spiro atoms. The number of nitrogens with one attached hydrogen (secondary N) is 1. The average Bonchev–Trinajstić information content (AvgIpc) is 2.38. The van der Waals surface area contributed by atoms with Gasteiger partial charge in [0.05, 0.1) is 11.1 Å². The molecule has 0 aliphatic heterocycles. The fraction of sp³-hybridized carbons (Fsp3) is 0.647. The Balaban J connectivity index is 2.59. The third kappa shape index (κ3) is 6.27. The molecule has 0 heterocycles. The SMILES string of the molecule is CCC(CC)COc1ccc(CNC(C)(C)C)cc1Br. The number of ether oxygens (including phenoxy) is 1. The standard InChI is InChI=1S/C17H28BrNO/c1-6-13(7-2)12-20-16-9-8-14(10-15(16)18)11-19-17(3,4)5/h8-10,13,19H,6-7,11-12H2,1-5H3. The van der Waals surface area contributed by atoms with Crippen molar-refractivity contribution in [1.29, 1.82) is 0 Å². The highest BCUT2D eigenvalue weighted by molar-refractivity contribution is 9.10. The Bertz CT molecular complexity index is 408. The predicted octanol–water partition coefficient (Wildman–Crippen LogP) is 5.15. The molecule has 0 saturated heterocycles. The summed E-state index contributed by atoms with van der Waals surface area (Å²) in [5.41, 5.74) is 1.40. The summed E-state index contributed by atoms with van der Waals surface area (Å²) >= 11 is 3.61. The van der Waals surface area contributed by atoms with Crippen LogP contribution >= 0.6 is 15.9 Å². The molecule has 1 aromatic carbocycles. The van der Waals surface area contributed by atoms with Crippen molar-refractivity contribution in [2.24, 2.45) is 5.92 Å². The number of hydrogen-bond acceptors (Lipinski definition) is 2. The molecule has 1 rings (SSSR count). The summed E-state index contributed by atoms with van der Waals surface area (Å²) in [5, 5.41) is 3.49. The predicted molar refractivity (Wildman–Crippen MR) is 90.3 cm³/mol. The lowest BCUT2D eigenvalue weighted by Crippen LogP contribution is -2.35. The van der Waals surface area contributed by atoms with Gasteiger partial charge in [-0.25, -0.2) is 0 Å². The van der Waals surface area contributed by atoms with Crippen molar-refractivity contribution in [1.82, 2.24) is 5.32 Å². The van der Waals surface area contributed by atoms with E-state index in [2.05, 4.69) is 74.1 Å². The van der Waals surface area contributed by atoms with Crippen molar-refractivity contribution in [2.75, 3.05) is 6.61 Å². The van der Waals surface area contributed by atoms with Crippen molar-refractivity contribution in [3.63, 3.8) is 0 Å². The molecule has 1 N–H and O–H groups in total. The van der Waals surface area contributed by atoms with Crippen LogP contribution in [0.1, 0.15) is 53.0 Å². The van der Waals surface area contributed by atoms with Gasteiger partial charge < -0.3 is 10.1 Å². The Morgan fingerprint density at radius 2 is 1.85 bits per heavy atom. The molecule has 0 amide bonds. The van der Waals surface area contributed by atoms with E-state index in [-0.39, 0.29) is 5.54 Å². The highest BCUT2D eigenvalue weighted by atomic mass is 79.9. The topological polar surface area (TPSA) is 21.3 Å². The number of benzene rings is 1. The van der Waals surface area contributed by atoms with Gasteiger partial charge in [-0.3, -0.25) is 0 Å². The summed E-state index contributed by atoms with van der Waals surface area (Å²) in [6, 6.07) is 6.33. The van der Waals surface area contributed by atoms with Crippen LogP contribution in [0.25, 0.3) is 0 Å². The zero-order chi connectivity index (χ0) is 15.2. The molecule has 0 atom stereocenters. The van der Waals surface area contributed by atoms with Crippen LogP contribution in [0.3, 0.4) is 0 Å². The first-order valence-electron chi connectivity index (χ1n) is 7.52. The Hall–Kier alpha value is -0.540. The van der Waals surface area contributed by atoms with Crippen LogP contribution in [0.2, 0.25) is 0 Å². The van der Waals surface area contributed by atoms with E-state index in [4.69, 9.17) is 4.74 Å². The molecule has 114 valence electrons. The lowest BCUT2D eigenvalue weighted by molar-refractivity contribution is 0.239. The lowest BCUT2D eigenvalue weighted by atomic mass is 10.1. The minimum atomic E-state index is 0.136. The van der Waals surface area contributed by atoms with Gasteiger partial charge in [-0.15, -0.1) is 0 Å². The zero-order valence-corrected chi connectivity index (χ0v) is 15.0. The summed E-state index contributed by atoms with van der Waals surface area (Å²) in [4.78, 5) is 0. The maximum absolute atomic E-state index is 5.91. The van der Waals surface area contributed by atoms with Crippen LogP contribution in [-0.2, 0) is 6.54 Å². The molecule has 0 radical (unpaired) electrons. The summed E-state index contributed by atoms with van der Waals surface area (Å²) in [5.74, 6) is 1.58. The van der Waals surface area contributed by atoms with Crippen LogP contribution in [0, 0.1) is 5.92 Å². The summed E-state index contributed by atoms with van der Waals surface area (Å²) < 4.78 is 6.95. The molecule has 0 unspecified atom stereocenters. The van der Waals surface area contributed by atoms with Crippen LogP contribution in [0.15, 0.2) is 22.7 Å². The molecule has 0 aliphatic carbocycles. The second-order valence-corrected chi connectivity index (χ2v) is 7.22. The van der Waals surface area contributed by atoms with E-state index in [9.17, 15) is 0 Å². The maximum atomic E-state index is 5.91. The van der Waals surface area contributed by atoms with Gasteiger partial charge in [0.15, 0.2) is 0 Å². The van der Waals surface area contributed by atoms with Gasteiger partial charge >= 0.3 is 0 Å². The van der Waals surface area contributed by atoms with E-state index in [0.29, 0.717) is 5.92 Å². The molecule has 1 aromatic rings. The van der Waals surface area contributed by atoms with Crippen molar-refractivity contribution < 1.29 is 4.74 Å². The normalized spacial score (nSPS) is 11.9. The molecule has 2 nitrogen and oxygen atoms in total. The molecule has 0 saturated carbocycles. The van der Waals surface area contributed by atoms with Crippen molar-refractivity contribution >= 4 is 15.9 Å². The molecule has 0 aromatic heterocycles. The molecule has 0 bridgehead atoms. The van der Waals surface area contributed by atoms with Crippen LogP contribution < -0.4 is 10.1 Å². The summed E-state index contributed by atoms with van der Waals surface area (Å²) in [7, 11) is 0. The monoisotopic (exact) mass is 341 g/mol. The van der Waals surface area contributed by atoms with E-state index in [1.165, 1.54) is 18.4 Å². The van der Waals surface area contributed by atoms with E-state index in [1.807, 2.05) is 0 Å². The molecule has 20 heavy (non-hydrogen) atoms. The molecular weight excluding hydrogens is 314 g/mol. The van der Waals surface area contributed by atoms with Crippen LogP contribution in [0.4, 0.5) is 0 Å². The van der Waals surface area contributed by atoms with Crippen molar-refractivity contribution in [3.8, 4) is 5.75 Å². The first kappa shape index (κ1) is 17.5. The molecule has 3 heteroatoms. The first-order valence-corrected chi connectivity index (χ1v) is 8.31. The van der Waals surface area contributed by atoms with Gasteiger partial charge in [0.2, 0.25) is 0 Å². The molecular formula is C17H28BrNO. The molecule has 0 aliphatic rings. The molecule has 0 fully saturated rings.